The van der Waals surface area contributed by atoms with Crippen LogP contribution in [-0.2, 0) is 0 Å². The van der Waals surface area contributed by atoms with Gasteiger partial charge in [0.05, 0.1) is 15.8 Å². The Kier molecular flexibility index (Phi) is 5.78. The monoisotopic (exact) mass is 452 g/mol. The van der Waals surface area contributed by atoms with Crippen molar-refractivity contribution in [3.8, 4) is 16.5 Å². The maximum Gasteiger partial charge on any atom is 0.257 e. The first-order valence-electron chi connectivity index (χ1n) is 10.5. The standard InChI is InChI=1S/C22H24N6OS2/c1-15-8-10-17(11-9-15)28-21(27-12-4-3-5-13-27)25-26-22(28)31-16(2)19-23-24-20(29-19)18-7-6-14-30-18/h6-11,14,16H,3-5,12-13H2,1-2H3. The third-order valence-electron chi connectivity index (χ3n) is 5.35. The lowest BCUT2D eigenvalue weighted by Crippen LogP contribution is -2.31. The average molecular weight is 453 g/mol. The van der Waals surface area contributed by atoms with Crippen molar-refractivity contribution in [1.82, 2.24) is 25.0 Å². The number of hydrogen-bond donors (Lipinski definition) is 0. The minimum absolute atomic E-state index is 0.0520. The normalized spacial score (nSPS) is 15.4. The van der Waals surface area contributed by atoms with E-state index in [1.54, 1.807) is 23.1 Å². The molecule has 3 aromatic heterocycles. The van der Waals surface area contributed by atoms with Gasteiger partial charge in [-0.25, -0.2) is 0 Å². The summed E-state index contributed by atoms with van der Waals surface area (Å²) < 4.78 is 8.10. The summed E-state index contributed by atoms with van der Waals surface area (Å²) in [5, 5.41) is 20.4. The molecule has 0 aliphatic carbocycles. The molecule has 9 heteroatoms. The molecule has 1 unspecified atom stereocenters. The van der Waals surface area contributed by atoms with Gasteiger partial charge in [-0.15, -0.1) is 31.7 Å². The quantitative estimate of drug-likeness (QED) is 0.356. The average Bonchev–Trinajstić information content (AvgIpc) is 3.55. The molecule has 7 nitrogen and oxygen atoms in total. The lowest BCUT2D eigenvalue weighted by atomic mass is 10.1. The molecule has 0 saturated carbocycles. The molecule has 5 rings (SSSR count). The number of anilines is 1. The Hall–Kier alpha value is -2.65. The summed E-state index contributed by atoms with van der Waals surface area (Å²) in [5.74, 6) is 2.06. The van der Waals surface area contributed by atoms with Gasteiger partial charge in [-0.3, -0.25) is 4.57 Å². The Morgan fingerprint density at radius 3 is 2.55 bits per heavy atom. The molecule has 0 amide bonds. The Morgan fingerprint density at radius 1 is 1.00 bits per heavy atom. The lowest BCUT2D eigenvalue weighted by molar-refractivity contribution is 0.510. The number of nitrogens with zero attached hydrogens (tertiary/aromatic N) is 6. The molecular formula is C22H24N6OS2. The van der Waals surface area contributed by atoms with E-state index in [2.05, 4.69) is 68.0 Å². The highest BCUT2D eigenvalue weighted by molar-refractivity contribution is 7.99. The van der Waals surface area contributed by atoms with E-state index in [1.165, 1.54) is 24.8 Å². The van der Waals surface area contributed by atoms with Gasteiger partial charge >= 0.3 is 0 Å². The third kappa shape index (κ3) is 4.24. The van der Waals surface area contributed by atoms with E-state index in [0.29, 0.717) is 11.8 Å². The molecule has 0 spiro atoms. The van der Waals surface area contributed by atoms with Gasteiger partial charge in [-0.1, -0.05) is 35.5 Å². The van der Waals surface area contributed by atoms with E-state index in [4.69, 9.17) is 4.42 Å². The van der Waals surface area contributed by atoms with Crippen LogP contribution in [0.5, 0.6) is 0 Å². The number of rotatable bonds is 6. The van der Waals surface area contributed by atoms with Crippen molar-refractivity contribution < 1.29 is 4.42 Å². The van der Waals surface area contributed by atoms with E-state index in [0.717, 1.165) is 34.8 Å². The first kappa shape index (κ1) is 20.3. The van der Waals surface area contributed by atoms with Crippen LogP contribution < -0.4 is 4.90 Å². The van der Waals surface area contributed by atoms with Crippen LogP contribution in [-0.4, -0.2) is 38.1 Å². The Labute approximate surface area is 189 Å². The number of hydrogen-bond acceptors (Lipinski definition) is 8. The van der Waals surface area contributed by atoms with Crippen molar-refractivity contribution in [3.05, 3.63) is 53.2 Å². The summed E-state index contributed by atoms with van der Waals surface area (Å²) in [5.41, 5.74) is 2.29. The van der Waals surface area contributed by atoms with Crippen LogP contribution in [0.3, 0.4) is 0 Å². The Morgan fingerprint density at radius 2 is 1.81 bits per heavy atom. The zero-order valence-corrected chi connectivity index (χ0v) is 19.2. The molecule has 1 saturated heterocycles. The highest BCUT2D eigenvalue weighted by Gasteiger charge is 2.25. The molecule has 160 valence electrons. The Bertz CT molecular complexity index is 1130. The highest BCUT2D eigenvalue weighted by Crippen LogP contribution is 2.37. The van der Waals surface area contributed by atoms with Crippen LogP contribution in [0.25, 0.3) is 16.5 Å². The second-order valence-corrected chi connectivity index (χ2v) is 9.94. The topological polar surface area (TPSA) is 72.9 Å². The molecule has 31 heavy (non-hydrogen) atoms. The number of thiophene rings is 1. The third-order valence-corrected chi connectivity index (χ3v) is 7.24. The molecule has 1 fully saturated rings. The number of thioether (sulfide) groups is 1. The van der Waals surface area contributed by atoms with Gasteiger partial charge in [-0.05, 0) is 56.7 Å². The molecule has 0 radical (unpaired) electrons. The van der Waals surface area contributed by atoms with Crippen LogP contribution in [0.15, 0.2) is 51.4 Å². The molecule has 0 N–H and O–H groups in total. The van der Waals surface area contributed by atoms with Gasteiger partial charge in [0.2, 0.25) is 11.8 Å². The summed E-state index contributed by atoms with van der Waals surface area (Å²) in [7, 11) is 0. The number of benzene rings is 1. The van der Waals surface area contributed by atoms with Crippen LogP contribution in [0.1, 0.15) is 42.9 Å². The van der Waals surface area contributed by atoms with Crippen molar-refractivity contribution in [2.24, 2.45) is 0 Å². The second-order valence-electron chi connectivity index (χ2n) is 7.68. The summed E-state index contributed by atoms with van der Waals surface area (Å²) in [6.07, 6.45) is 3.65. The van der Waals surface area contributed by atoms with Crippen LogP contribution in [0, 0.1) is 6.92 Å². The van der Waals surface area contributed by atoms with Gasteiger partial charge in [0.1, 0.15) is 0 Å². The van der Waals surface area contributed by atoms with Gasteiger partial charge < -0.3 is 9.32 Å². The van der Waals surface area contributed by atoms with Gasteiger partial charge in [0, 0.05) is 13.1 Å². The lowest BCUT2D eigenvalue weighted by Gasteiger charge is -2.28. The van der Waals surface area contributed by atoms with Crippen molar-refractivity contribution in [1.29, 1.82) is 0 Å². The van der Waals surface area contributed by atoms with E-state index in [1.807, 2.05) is 17.5 Å². The molecule has 1 atom stereocenters. The molecular weight excluding hydrogens is 428 g/mol. The zero-order chi connectivity index (χ0) is 21.2. The van der Waals surface area contributed by atoms with Crippen molar-refractivity contribution in [2.45, 2.75) is 43.5 Å². The highest BCUT2D eigenvalue weighted by atomic mass is 32.2. The molecule has 4 aromatic rings. The Balaban J connectivity index is 1.45. The van der Waals surface area contributed by atoms with Crippen LogP contribution in [0.2, 0.25) is 0 Å². The fourth-order valence-electron chi connectivity index (χ4n) is 3.66. The SMILES string of the molecule is Cc1ccc(-n2c(SC(C)c3nnc(-c4cccs4)o3)nnc2N2CCCCC2)cc1. The van der Waals surface area contributed by atoms with E-state index in [9.17, 15) is 0 Å². The van der Waals surface area contributed by atoms with Crippen molar-refractivity contribution in [2.75, 3.05) is 18.0 Å². The maximum absolute atomic E-state index is 5.95. The fraction of sp³-hybridized carbons (Fsp3) is 0.364. The van der Waals surface area contributed by atoms with Crippen molar-refractivity contribution in [3.63, 3.8) is 0 Å². The van der Waals surface area contributed by atoms with E-state index in [-0.39, 0.29) is 5.25 Å². The summed E-state index contributed by atoms with van der Waals surface area (Å²) >= 11 is 3.18. The summed E-state index contributed by atoms with van der Waals surface area (Å²) in [4.78, 5) is 3.32. The van der Waals surface area contributed by atoms with Crippen LogP contribution >= 0.6 is 23.1 Å². The molecule has 4 heterocycles. The largest absolute Gasteiger partial charge is 0.419 e. The molecule has 1 aliphatic rings. The first-order chi connectivity index (χ1) is 15.2. The smallest absolute Gasteiger partial charge is 0.257 e. The van der Waals surface area contributed by atoms with E-state index >= 15 is 0 Å². The molecule has 1 aromatic carbocycles. The maximum atomic E-state index is 5.95. The first-order valence-corrected chi connectivity index (χ1v) is 12.3. The van der Waals surface area contributed by atoms with Gasteiger partial charge in [0.25, 0.3) is 5.89 Å². The van der Waals surface area contributed by atoms with E-state index < -0.39 is 0 Å². The second kappa shape index (κ2) is 8.84. The summed E-state index contributed by atoms with van der Waals surface area (Å²) in [6.45, 7) is 6.18. The predicted molar refractivity (Wildman–Crippen MR) is 124 cm³/mol. The minimum Gasteiger partial charge on any atom is -0.419 e. The minimum atomic E-state index is -0.0520. The van der Waals surface area contributed by atoms with Crippen LogP contribution in [0.4, 0.5) is 5.95 Å². The van der Waals surface area contributed by atoms with Crippen molar-refractivity contribution >= 4 is 29.0 Å². The molecule has 0 bridgehead atoms. The fourth-order valence-corrected chi connectivity index (χ4v) is 5.20. The molecule has 1 aliphatic heterocycles. The zero-order valence-electron chi connectivity index (χ0n) is 17.6. The van der Waals surface area contributed by atoms with Gasteiger partial charge in [0.15, 0.2) is 5.16 Å². The predicted octanol–water partition coefficient (Wildman–Crippen LogP) is 5.53. The number of aryl methyl sites for hydroxylation is 1. The van der Waals surface area contributed by atoms with Gasteiger partial charge in [-0.2, -0.15) is 0 Å². The number of piperidine rings is 1. The number of aromatic nitrogens is 5. The summed E-state index contributed by atoms with van der Waals surface area (Å²) in [6, 6.07) is 12.5.